The van der Waals surface area contributed by atoms with E-state index in [0.717, 1.165) is 11.5 Å². The molecule has 0 aliphatic carbocycles. The Hall–Kier alpha value is -2.47. The third kappa shape index (κ3) is 3.17. The van der Waals surface area contributed by atoms with Gasteiger partial charge in [-0.2, -0.15) is 13.2 Å². The molecule has 1 aromatic heterocycles. The van der Waals surface area contributed by atoms with Crippen molar-refractivity contribution in [3.05, 3.63) is 64.8 Å². The summed E-state index contributed by atoms with van der Waals surface area (Å²) < 4.78 is 38.8. The SMILES string of the molecule is O=C(Nc1ccccc1C(F)(F)F)c1cc2ccc(Cl)cc2[nH]1. The number of hydrogen-bond acceptors (Lipinski definition) is 1. The molecule has 0 spiro atoms. The molecule has 3 aromatic rings. The second kappa shape index (κ2) is 5.62. The van der Waals surface area contributed by atoms with Gasteiger partial charge in [0.1, 0.15) is 5.69 Å². The highest BCUT2D eigenvalue weighted by atomic mass is 35.5. The number of fused-ring (bicyclic) bond motifs is 1. The highest BCUT2D eigenvalue weighted by molar-refractivity contribution is 6.31. The molecule has 0 saturated heterocycles. The number of halogens is 4. The number of rotatable bonds is 2. The van der Waals surface area contributed by atoms with E-state index in [9.17, 15) is 18.0 Å². The van der Waals surface area contributed by atoms with Crippen molar-refractivity contribution in [2.45, 2.75) is 6.18 Å². The van der Waals surface area contributed by atoms with Crippen LogP contribution in [0.3, 0.4) is 0 Å². The molecule has 0 aliphatic rings. The van der Waals surface area contributed by atoms with Gasteiger partial charge in [-0.25, -0.2) is 0 Å². The average molecular weight is 339 g/mol. The second-order valence-electron chi connectivity index (χ2n) is 4.91. The summed E-state index contributed by atoms with van der Waals surface area (Å²) in [6.07, 6.45) is -4.54. The molecule has 0 fully saturated rings. The highest BCUT2D eigenvalue weighted by Gasteiger charge is 2.33. The van der Waals surface area contributed by atoms with E-state index < -0.39 is 17.6 Å². The van der Waals surface area contributed by atoms with Gasteiger partial charge in [0.25, 0.3) is 5.91 Å². The number of alkyl halides is 3. The molecular weight excluding hydrogens is 329 g/mol. The zero-order valence-electron chi connectivity index (χ0n) is 11.5. The Balaban J connectivity index is 1.92. The number of aromatic nitrogens is 1. The molecule has 0 aliphatic heterocycles. The lowest BCUT2D eigenvalue weighted by Crippen LogP contribution is -2.16. The van der Waals surface area contributed by atoms with Gasteiger partial charge in [0, 0.05) is 15.9 Å². The third-order valence-corrected chi connectivity index (χ3v) is 3.54. The van der Waals surface area contributed by atoms with Crippen molar-refractivity contribution in [2.75, 3.05) is 5.32 Å². The number of anilines is 1. The minimum Gasteiger partial charge on any atom is -0.350 e. The van der Waals surface area contributed by atoms with Crippen LogP contribution in [0.15, 0.2) is 48.5 Å². The number of H-pyrrole nitrogens is 1. The van der Waals surface area contributed by atoms with Gasteiger partial charge in [0.2, 0.25) is 0 Å². The summed E-state index contributed by atoms with van der Waals surface area (Å²) in [5, 5.41) is 3.52. The van der Waals surface area contributed by atoms with E-state index in [-0.39, 0.29) is 11.4 Å². The minimum absolute atomic E-state index is 0.152. The zero-order chi connectivity index (χ0) is 16.6. The normalized spacial score (nSPS) is 11.7. The summed E-state index contributed by atoms with van der Waals surface area (Å²) >= 11 is 5.86. The van der Waals surface area contributed by atoms with Crippen molar-refractivity contribution >= 4 is 34.1 Å². The van der Waals surface area contributed by atoms with E-state index in [0.29, 0.717) is 10.5 Å². The summed E-state index contributed by atoms with van der Waals surface area (Å²) in [6, 6.07) is 11.4. The molecule has 0 saturated carbocycles. The number of hydrogen-bond donors (Lipinski definition) is 2. The maximum Gasteiger partial charge on any atom is 0.418 e. The second-order valence-corrected chi connectivity index (χ2v) is 5.35. The topological polar surface area (TPSA) is 44.9 Å². The van der Waals surface area contributed by atoms with E-state index >= 15 is 0 Å². The summed E-state index contributed by atoms with van der Waals surface area (Å²) in [7, 11) is 0. The Morgan fingerprint density at radius 3 is 2.57 bits per heavy atom. The van der Waals surface area contributed by atoms with Crippen LogP contribution in [0.1, 0.15) is 16.1 Å². The van der Waals surface area contributed by atoms with Crippen molar-refractivity contribution < 1.29 is 18.0 Å². The molecule has 0 bridgehead atoms. The van der Waals surface area contributed by atoms with E-state index in [2.05, 4.69) is 10.3 Å². The summed E-state index contributed by atoms with van der Waals surface area (Å²) in [5.74, 6) is -0.658. The Bertz CT molecular complexity index is 886. The predicted octanol–water partition coefficient (Wildman–Crippen LogP) is 5.09. The number of benzene rings is 2. The smallest absolute Gasteiger partial charge is 0.350 e. The first kappa shape index (κ1) is 15.4. The third-order valence-electron chi connectivity index (χ3n) is 3.31. The van der Waals surface area contributed by atoms with Gasteiger partial charge in [-0.15, -0.1) is 0 Å². The quantitative estimate of drug-likeness (QED) is 0.671. The maximum atomic E-state index is 12.9. The van der Waals surface area contributed by atoms with E-state index in [1.165, 1.54) is 18.2 Å². The van der Waals surface area contributed by atoms with E-state index in [1.807, 2.05) is 0 Å². The molecule has 3 rings (SSSR count). The number of carbonyl (C=O) groups is 1. The largest absolute Gasteiger partial charge is 0.418 e. The Morgan fingerprint density at radius 2 is 1.83 bits per heavy atom. The van der Waals surface area contributed by atoms with Crippen LogP contribution in [0, 0.1) is 0 Å². The molecule has 0 radical (unpaired) electrons. The molecule has 1 amide bonds. The summed E-state index contributed by atoms with van der Waals surface area (Å²) in [6.45, 7) is 0. The van der Waals surface area contributed by atoms with Crippen molar-refractivity contribution in [2.24, 2.45) is 0 Å². The monoisotopic (exact) mass is 338 g/mol. The molecule has 7 heteroatoms. The predicted molar refractivity (Wildman–Crippen MR) is 82.7 cm³/mol. The van der Waals surface area contributed by atoms with Gasteiger partial charge < -0.3 is 10.3 Å². The first-order valence-electron chi connectivity index (χ1n) is 6.60. The Morgan fingerprint density at radius 1 is 1.09 bits per heavy atom. The molecular formula is C16H10ClF3N2O. The van der Waals surface area contributed by atoms with Crippen molar-refractivity contribution in [1.29, 1.82) is 0 Å². The fourth-order valence-electron chi connectivity index (χ4n) is 2.25. The minimum atomic E-state index is -4.54. The van der Waals surface area contributed by atoms with Crippen molar-refractivity contribution in [3.8, 4) is 0 Å². The van der Waals surface area contributed by atoms with Crippen LogP contribution >= 0.6 is 11.6 Å². The maximum absolute atomic E-state index is 12.9. The van der Waals surface area contributed by atoms with Crippen molar-refractivity contribution in [3.63, 3.8) is 0 Å². The van der Waals surface area contributed by atoms with Crippen molar-refractivity contribution in [1.82, 2.24) is 4.98 Å². The first-order valence-corrected chi connectivity index (χ1v) is 6.98. The van der Waals surface area contributed by atoms with Gasteiger partial charge in [0.05, 0.1) is 11.3 Å². The molecule has 2 aromatic carbocycles. The molecule has 0 atom stereocenters. The molecule has 0 unspecified atom stereocenters. The number of carbonyl (C=O) groups excluding carboxylic acids is 1. The zero-order valence-corrected chi connectivity index (χ0v) is 12.3. The highest BCUT2D eigenvalue weighted by Crippen LogP contribution is 2.34. The van der Waals surface area contributed by atoms with E-state index in [4.69, 9.17) is 11.6 Å². The Kier molecular flexibility index (Phi) is 3.77. The van der Waals surface area contributed by atoms with Gasteiger partial charge in [-0.3, -0.25) is 4.79 Å². The van der Waals surface area contributed by atoms with Gasteiger partial charge >= 0.3 is 6.18 Å². The lowest BCUT2D eigenvalue weighted by molar-refractivity contribution is -0.136. The molecule has 1 heterocycles. The van der Waals surface area contributed by atoms with Crippen LogP contribution in [-0.4, -0.2) is 10.9 Å². The number of para-hydroxylation sites is 1. The number of aromatic amines is 1. The molecule has 23 heavy (non-hydrogen) atoms. The van der Waals surface area contributed by atoms with Gasteiger partial charge in [-0.1, -0.05) is 29.8 Å². The summed E-state index contributed by atoms with van der Waals surface area (Å²) in [4.78, 5) is 15.0. The number of nitrogens with one attached hydrogen (secondary N) is 2. The summed E-state index contributed by atoms with van der Waals surface area (Å²) in [5.41, 5.74) is -0.403. The fourth-order valence-corrected chi connectivity index (χ4v) is 2.42. The first-order chi connectivity index (χ1) is 10.8. The van der Waals surface area contributed by atoms with Crippen LogP contribution in [0.25, 0.3) is 10.9 Å². The van der Waals surface area contributed by atoms with Crippen LogP contribution < -0.4 is 5.32 Å². The van der Waals surface area contributed by atoms with Crippen LogP contribution in [0.5, 0.6) is 0 Å². The van der Waals surface area contributed by atoms with Crippen LogP contribution in [0.4, 0.5) is 18.9 Å². The lowest BCUT2D eigenvalue weighted by atomic mass is 10.1. The molecule has 3 nitrogen and oxygen atoms in total. The van der Waals surface area contributed by atoms with Gasteiger partial charge in [0.15, 0.2) is 0 Å². The lowest BCUT2D eigenvalue weighted by Gasteiger charge is -2.12. The molecule has 2 N–H and O–H groups in total. The van der Waals surface area contributed by atoms with Crippen LogP contribution in [-0.2, 0) is 6.18 Å². The average Bonchev–Trinajstić information content (AvgIpc) is 2.89. The molecule has 118 valence electrons. The number of amides is 1. The van der Waals surface area contributed by atoms with Gasteiger partial charge in [-0.05, 0) is 30.3 Å². The van der Waals surface area contributed by atoms with E-state index in [1.54, 1.807) is 24.3 Å². The fraction of sp³-hybridized carbons (Fsp3) is 0.0625. The standard InChI is InChI=1S/C16H10ClF3N2O/c17-10-6-5-9-7-14(21-13(9)8-10)15(23)22-12-4-2-1-3-11(12)16(18,19)20/h1-8,21H,(H,22,23). The van der Waals surface area contributed by atoms with Crippen LogP contribution in [0.2, 0.25) is 5.02 Å². The Labute approximate surface area is 134 Å².